The molecular formula is C18H24BNO6. The normalized spacial score (nSPS) is 19.9. The van der Waals surface area contributed by atoms with Gasteiger partial charge in [0.1, 0.15) is 19.5 Å². The van der Waals surface area contributed by atoms with Crippen molar-refractivity contribution in [1.82, 2.24) is 4.90 Å². The molecule has 1 aliphatic heterocycles. The molecule has 7 nitrogen and oxygen atoms in total. The summed E-state index contributed by atoms with van der Waals surface area (Å²) in [5.74, 6) is -1.06. The molecule has 1 aromatic rings. The van der Waals surface area contributed by atoms with E-state index in [1.165, 1.54) is 0 Å². The summed E-state index contributed by atoms with van der Waals surface area (Å²) in [6, 6.07) is 5.96. The molecule has 1 aromatic carbocycles. The molecule has 1 N–H and O–H groups in total. The Morgan fingerprint density at radius 2 is 1.85 bits per heavy atom. The average Bonchev–Trinajstić information content (AvgIpc) is 2.93. The fourth-order valence-corrected chi connectivity index (χ4v) is 2.62. The fourth-order valence-electron chi connectivity index (χ4n) is 2.62. The van der Waals surface area contributed by atoms with Gasteiger partial charge in [0, 0.05) is 12.0 Å². The van der Waals surface area contributed by atoms with Crippen LogP contribution in [-0.2, 0) is 14.3 Å². The van der Waals surface area contributed by atoms with Gasteiger partial charge in [-0.05, 0) is 20.8 Å². The number of benzene rings is 1. The van der Waals surface area contributed by atoms with Crippen molar-refractivity contribution in [2.75, 3.05) is 13.2 Å². The molecule has 0 radical (unpaired) electrons. The maximum absolute atomic E-state index is 12.3. The highest BCUT2D eigenvalue weighted by Crippen LogP contribution is 2.22. The van der Waals surface area contributed by atoms with Crippen molar-refractivity contribution < 1.29 is 29.0 Å². The third-order valence-corrected chi connectivity index (χ3v) is 3.90. The number of β-amino-alcohol motifs (C(OH)–C–C–N with tert-alkyl or cyclic N) is 1. The van der Waals surface area contributed by atoms with Gasteiger partial charge in [-0.25, -0.2) is 9.59 Å². The molecule has 1 heterocycles. The van der Waals surface area contributed by atoms with Gasteiger partial charge < -0.3 is 14.6 Å². The number of hydrogen-bond acceptors (Lipinski definition) is 6. The Balaban J connectivity index is 1.97. The summed E-state index contributed by atoms with van der Waals surface area (Å²) in [5.41, 5.74) is 0.742. The molecule has 140 valence electrons. The van der Waals surface area contributed by atoms with Gasteiger partial charge in [-0.15, -0.1) is 0 Å². The van der Waals surface area contributed by atoms with Crippen LogP contribution in [0.3, 0.4) is 0 Å². The quantitative estimate of drug-likeness (QED) is 0.463. The lowest BCUT2D eigenvalue weighted by atomic mass is 9.95. The van der Waals surface area contributed by atoms with Crippen LogP contribution in [0.2, 0.25) is 0 Å². The number of hydrogen-bond donors (Lipinski definition) is 1. The third-order valence-electron chi connectivity index (χ3n) is 3.90. The summed E-state index contributed by atoms with van der Waals surface area (Å²) in [6.45, 7) is 4.71. The first kappa shape index (κ1) is 20.0. The van der Waals surface area contributed by atoms with E-state index in [2.05, 4.69) is 0 Å². The van der Waals surface area contributed by atoms with Crippen molar-refractivity contribution in [3.8, 4) is 0 Å². The smallest absolute Gasteiger partial charge is 0.411 e. The first-order chi connectivity index (χ1) is 12.1. The van der Waals surface area contributed by atoms with Crippen LogP contribution in [0.25, 0.3) is 0 Å². The second-order valence-electron chi connectivity index (χ2n) is 7.43. The number of likely N-dealkylation sites (tertiary alicyclic amines) is 1. The van der Waals surface area contributed by atoms with E-state index in [0.717, 1.165) is 10.4 Å². The lowest BCUT2D eigenvalue weighted by Gasteiger charge is -2.27. The number of amides is 1. The van der Waals surface area contributed by atoms with Crippen LogP contribution in [0.1, 0.15) is 37.6 Å². The molecule has 2 atom stereocenters. The van der Waals surface area contributed by atoms with E-state index in [1.807, 2.05) is 7.85 Å². The zero-order chi connectivity index (χ0) is 19.5. The number of aliphatic hydroxyl groups is 1. The minimum Gasteiger partial charge on any atom is -0.456 e. The molecule has 8 heteroatoms. The first-order valence-electron chi connectivity index (χ1n) is 8.51. The topological polar surface area (TPSA) is 93.1 Å². The second kappa shape index (κ2) is 7.91. The molecule has 1 amide bonds. The van der Waals surface area contributed by atoms with Gasteiger partial charge in [0.15, 0.2) is 12.4 Å². The monoisotopic (exact) mass is 361 g/mol. The molecule has 2 rings (SSSR count). The highest BCUT2D eigenvalue weighted by atomic mass is 16.6. The summed E-state index contributed by atoms with van der Waals surface area (Å²) < 4.78 is 10.3. The van der Waals surface area contributed by atoms with Crippen LogP contribution in [0.15, 0.2) is 24.3 Å². The number of rotatable bonds is 4. The number of esters is 1. The zero-order valence-corrected chi connectivity index (χ0v) is 15.5. The molecule has 0 spiro atoms. The van der Waals surface area contributed by atoms with Crippen LogP contribution in [0, 0.1) is 0 Å². The fraction of sp³-hybridized carbons (Fsp3) is 0.500. The Morgan fingerprint density at radius 3 is 2.42 bits per heavy atom. The van der Waals surface area contributed by atoms with Crippen molar-refractivity contribution in [1.29, 1.82) is 0 Å². The number of aliphatic hydroxyl groups excluding tert-OH is 1. The molecule has 1 fully saturated rings. The summed E-state index contributed by atoms with van der Waals surface area (Å²) in [6.07, 6.45) is -1.48. The van der Waals surface area contributed by atoms with Gasteiger partial charge in [-0.1, -0.05) is 29.7 Å². The lowest BCUT2D eigenvalue weighted by Crippen LogP contribution is -2.44. The highest BCUT2D eigenvalue weighted by Gasteiger charge is 2.42. The van der Waals surface area contributed by atoms with E-state index in [4.69, 9.17) is 9.47 Å². The van der Waals surface area contributed by atoms with Crippen molar-refractivity contribution in [2.45, 2.75) is 44.9 Å². The van der Waals surface area contributed by atoms with E-state index in [1.54, 1.807) is 45.0 Å². The molecule has 0 saturated carbocycles. The number of carbonyl (C=O) groups excluding carboxylic acids is 3. The lowest BCUT2D eigenvalue weighted by molar-refractivity contribution is -0.147. The Kier molecular flexibility index (Phi) is 6.07. The predicted molar refractivity (Wildman–Crippen MR) is 97.3 cm³/mol. The Labute approximate surface area is 153 Å². The van der Waals surface area contributed by atoms with E-state index in [-0.39, 0.29) is 18.7 Å². The third kappa shape index (κ3) is 5.32. The van der Waals surface area contributed by atoms with E-state index >= 15 is 0 Å². The van der Waals surface area contributed by atoms with Crippen LogP contribution < -0.4 is 5.46 Å². The van der Waals surface area contributed by atoms with Gasteiger partial charge >= 0.3 is 12.1 Å². The molecule has 1 aliphatic rings. The number of Topliss-reactive ketones (excluding diaryl/α,β-unsaturated/α-hetero) is 1. The highest BCUT2D eigenvalue weighted by molar-refractivity contribution is 6.32. The van der Waals surface area contributed by atoms with Gasteiger partial charge in [-0.2, -0.15) is 0 Å². The first-order valence-corrected chi connectivity index (χ1v) is 8.51. The SMILES string of the molecule is Bc1ccc(C(=O)COC(=O)[C@@H]2C[C@H](O)CN2C(=O)OC(C)(C)C)cc1. The summed E-state index contributed by atoms with van der Waals surface area (Å²) in [4.78, 5) is 37.8. The molecule has 26 heavy (non-hydrogen) atoms. The largest absolute Gasteiger partial charge is 0.456 e. The van der Waals surface area contributed by atoms with Crippen LogP contribution in [-0.4, -0.2) is 66.6 Å². The van der Waals surface area contributed by atoms with Gasteiger partial charge in [0.05, 0.1) is 12.6 Å². The van der Waals surface area contributed by atoms with Crippen LogP contribution >= 0.6 is 0 Å². The van der Waals surface area contributed by atoms with E-state index < -0.39 is 36.4 Å². The predicted octanol–water partition coefficient (Wildman–Crippen LogP) is 0.0412. The Morgan fingerprint density at radius 1 is 1.23 bits per heavy atom. The maximum Gasteiger partial charge on any atom is 0.411 e. The number of ether oxygens (including phenoxy) is 2. The molecular weight excluding hydrogens is 337 g/mol. The molecule has 0 aromatic heterocycles. The van der Waals surface area contributed by atoms with E-state index in [9.17, 15) is 19.5 Å². The van der Waals surface area contributed by atoms with Crippen molar-refractivity contribution in [3.05, 3.63) is 29.8 Å². The van der Waals surface area contributed by atoms with Crippen molar-refractivity contribution in [2.24, 2.45) is 0 Å². The molecule has 0 aliphatic carbocycles. The van der Waals surface area contributed by atoms with Gasteiger partial charge in [0.25, 0.3) is 0 Å². The van der Waals surface area contributed by atoms with Crippen LogP contribution in [0.4, 0.5) is 4.79 Å². The van der Waals surface area contributed by atoms with Gasteiger partial charge in [0.2, 0.25) is 0 Å². The molecule has 0 unspecified atom stereocenters. The summed E-state index contributed by atoms with van der Waals surface area (Å²) in [7, 11) is 1.91. The van der Waals surface area contributed by atoms with Crippen molar-refractivity contribution >= 4 is 31.2 Å². The van der Waals surface area contributed by atoms with Crippen LogP contribution in [0.5, 0.6) is 0 Å². The molecule has 0 bridgehead atoms. The summed E-state index contributed by atoms with van der Waals surface area (Å²) in [5, 5.41) is 9.82. The second-order valence-corrected chi connectivity index (χ2v) is 7.43. The summed E-state index contributed by atoms with van der Waals surface area (Å²) >= 11 is 0. The number of carbonyl (C=O) groups is 3. The van der Waals surface area contributed by atoms with Gasteiger partial charge in [-0.3, -0.25) is 9.69 Å². The minimum atomic E-state index is -0.967. The number of nitrogens with zero attached hydrogens (tertiary/aromatic N) is 1. The number of ketones is 1. The maximum atomic E-state index is 12.3. The Bertz CT molecular complexity index is 682. The molecule has 1 saturated heterocycles. The minimum absolute atomic E-state index is 0.0133. The Hall–Kier alpha value is -2.35. The van der Waals surface area contributed by atoms with E-state index in [0.29, 0.717) is 5.56 Å². The van der Waals surface area contributed by atoms with Crippen molar-refractivity contribution in [3.63, 3.8) is 0 Å². The zero-order valence-electron chi connectivity index (χ0n) is 15.5. The average molecular weight is 361 g/mol. The standard InChI is InChI=1S/C18H24BNO6/c1-18(2,3)26-17(24)20-9-13(21)8-14(20)16(23)25-10-15(22)11-4-6-12(19)7-5-11/h4-7,13-14,21H,8-10,19H2,1-3H3/t13-,14-/m0/s1.